The number of imidazole rings is 1. The molecule has 3 aliphatic rings. The SMILES string of the molecule is Cc1ccc(C(=O)N2CCC(CCN3[C@@H]4CC[C@H]3CC(n3c(C)nc5ccccc53)C4)(c3ccccc3)CC2)c(C)c1. The van der Waals surface area contributed by atoms with Crippen LogP contribution in [0.5, 0.6) is 0 Å². The fourth-order valence-electron chi connectivity index (χ4n) is 8.63. The molecular formula is C37H44N4O. The maximum atomic E-state index is 13.5. The number of amides is 1. The number of carbonyl (C=O) groups is 1. The van der Waals surface area contributed by atoms with E-state index >= 15 is 0 Å². The van der Waals surface area contributed by atoms with Gasteiger partial charge in [0.25, 0.3) is 5.91 Å². The lowest BCUT2D eigenvalue weighted by Gasteiger charge is -2.45. The summed E-state index contributed by atoms with van der Waals surface area (Å²) < 4.78 is 2.53. The number of carbonyl (C=O) groups excluding carboxylic acids is 1. The first-order valence-electron chi connectivity index (χ1n) is 16.0. The van der Waals surface area contributed by atoms with Gasteiger partial charge in [-0.1, -0.05) is 60.2 Å². The van der Waals surface area contributed by atoms with E-state index in [1.165, 1.54) is 42.3 Å². The monoisotopic (exact) mass is 560 g/mol. The van der Waals surface area contributed by atoms with Crippen molar-refractivity contribution in [2.24, 2.45) is 0 Å². The number of aryl methyl sites for hydroxylation is 3. The Morgan fingerprint density at radius 3 is 2.26 bits per heavy atom. The number of benzene rings is 3. The summed E-state index contributed by atoms with van der Waals surface area (Å²) in [6.07, 6.45) is 8.27. The van der Waals surface area contributed by atoms with Gasteiger partial charge >= 0.3 is 0 Å². The van der Waals surface area contributed by atoms with Gasteiger partial charge in [-0.2, -0.15) is 0 Å². The fraction of sp³-hybridized carbons (Fsp3) is 0.459. The van der Waals surface area contributed by atoms with Gasteiger partial charge in [-0.05, 0) is 107 Å². The van der Waals surface area contributed by atoms with Crippen molar-refractivity contribution < 1.29 is 4.79 Å². The maximum Gasteiger partial charge on any atom is 0.254 e. The van der Waals surface area contributed by atoms with E-state index in [4.69, 9.17) is 4.98 Å². The average Bonchev–Trinajstić information content (AvgIpc) is 3.46. The van der Waals surface area contributed by atoms with E-state index in [9.17, 15) is 4.79 Å². The number of fused-ring (bicyclic) bond motifs is 3. The standard InChI is InChI=1S/C37H44N4O/c1-26-13-16-33(27(2)23-26)36(42)39-20-17-37(18-21-39,29-9-5-4-6-10-29)19-22-40-30-14-15-31(40)25-32(24-30)41-28(3)38-34-11-7-8-12-35(34)41/h4-13,16,23,30-32H,14-15,17-22,24-25H2,1-3H3/t30-,31+,32?. The molecule has 5 nitrogen and oxygen atoms in total. The number of likely N-dealkylation sites (tertiary alicyclic amines) is 1. The normalized spacial score (nSPS) is 23.9. The summed E-state index contributed by atoms with van der Waals surface area (Å²) in [5.74, 6) is 1.34. The third-order valence-corrected chi connectivity index (χ3v) is 10.9. The Kier molecular flexibility index (Phi) is 7.17. The number of aromatic nitrogens is 2. The van der Waals surface area contributed by atoms with E-state index in [-0.39, 0.29) is 11.3 Å². The van der Waals surface area contributed by atoms with Gasteiger partial charge in [-0.3, -0.25) is 9.69 Å². The maximum absolute atomic E-state index is 13.5. The van der Waals surface area contributed by atoms with Crippen molar-refractivity contribution >= 4 is 16.9 Å². The molecule has 3 atom stereocenters. The quantitative estimate of drug-likeness (QED) is 0.247. The van der Waals surface area contributed by atoms with Gasteiger partial charge in [0.15, 0.2) is 0 Å². The lowest BCUT2D eigenvalue weighted by atomic mass is 9.70. The first-order chi connectivity index (χ1) is 20.4. The molecule has 7 rings (SSSR count). The zero-order valence-corrected chi connectivity index (χ0v) is 25.4. The van der Waals surface area contributed by atoms with Crippen molar-refractivity contribution in [2.75, 3.05) is 19.6 Å². The van der Waals surface area contributed by atoms with E-state index in [1.54, 1.807) is 0 Å². The fourth-order valence-corrected chi connectivity index (χ4v) is 8.63. The highest BCUT2D eigenvalue weighted by Gasteiger charge is 2.44. The molecule has 1 amide bonds. The zero-order chi connectivity index (χ0) is 28.8. The highest BCUT2D eigenvalue weighted by atomic mass is 16.2. The second kappa shape index (κ2) is 11.0. The van der Waals surface area contributed by atoms with E-state index in [0.29, 0.717) is 18.1 Å². The van der Waals surface area contributed by atoms with Gasteiger partial charge in [-0.15, -0.1) is 0 Å². The van der Waals surface area contributed by atoms with E-state index in [0.717, 1.165) is 61.4 Å². The molecule has 1 aromatic heterocycles. The number of hydrogen-bond acceptors (Lipinski definition) is 3. The van der Waals surface area contributed by atoms with Crippen molar-refractivity contribution in [3.8, 4) is 0 Å². The highest BCUT2D eigenvalue weighted by molar-refractivity contribution is 5.95. The summed E-state index contributed by atoms with van der Waals surface area (Å²) in [6, 6.07) is 27.8. The Bertz CT molecular complexity index is 1570. The minimum Gasteiger partial charge on any atom is -0.339 e. The predicted molar refractivity (Wildman–Crippen MR) is 170 cm³/mol. The lowest BCUT2D eigenvalue weighted by Crippen LogP contribution is -2.49. The molecule has 218 valence electrons. The molecule has 0 spiro atoms. The number of hydrogen-bond donors (Lipinski definition) is 0. The Labute approximate surface area is 250 Å². The van der Waals surface area contributed by atoms with Crippen LogP contribution < -0.4 is 0 Å². The number of rotatable bonds is 6. The second-order valence-corrected chi connectivity index (χ2v) is 13.3. The number of nitrogens with zero attached hydrogens (tertiary/aromatic N) is 4. The third kappa shape index (κ3) is 4.86. The summed E-state index contributed by atoms with van der Waals surface area (Å²) in [6.45, 7) is 9.12. The molecule has 3 fully saturated rings. The van der Waals surface area contributed by atoms with Crippen LogP contribution in [0.3, 0.4) is 0 Å². The topological polar surface area (TPSA) is 41.4 Å². The second-order valence-electron chi connectivity index (χ2n) is 13.3. The van der Waals surface area contributed by atoms with Crippen LogP contribution in [0.1, 0.15) is 83.9 Å². The van der Waals surface area contributed by atoms with Crippen molar-refractivity contribution in [3.05, 3.63) is 101 Å². The molecule has 1 unspecified atom stereocenters. The Balaban J connectivity index is 1.06. The van der Waals surface area contributed by atoms with Crippen molar-refractivity contribution in [3.63, 3.8) is 0 Å². The predicted octanol–water partition coefficient (Wildman–Crippen LogP) is 7.39. The van der Waals surface area contributed by atoms with Crippen LogP contribution in [-0.4, -0.2) is 57.0 Å². The molecular weight excluding hydrogens is 516 g/mol. The number of para-hydroxylation sites is 2. The van der Waals surface area contributed by atoms with Crippen molar-refractivity contribution in [1.29, 1.82) is 0 Å². The summed E-state index contributed by atoms with van der Waals surface area (Å²) in [5, 5.41) is 0. The molecule has 3 saturated heterocycles. The molecule has 0 N–H and O–H groups in total. The van der Waals surface area contributed by atoms with Crippen LogP contribution in [-0.2, 0) is 5.41 Å². The van der Waals surface area contributed by atoms with Gasteiger partial charge < -0.3 is 9.47 Å². The minimum absolute atomic E-state index is 0.119. The van der Waals surface area contributed by atoms with Crippen LogP contribution in [0.2, 0.25) is 0 Å². The molecule has 4 aromatic rings. The lowest BCUT2D eigenvalue weighted by molar-refractivity contribution is 0.0606. The molecule has 42 heavy (non-hydrogen) atoms. The minimum atomic E-state index is 0.119. The van der Waals surface area contributed by atoms with Gasteiger partial charge in [0.05, 0.1) is 11.0 Å². The summed E-state index contributed by atoms with van der Waals surface area (Å²) in [7, 11) is 0. The van der Waals surface area contributed by atoms with Gasteiger partial charge in [-0.25, -0.2) is 4.98 Å². The summed E-state index contributed by atoms with van der Waals surface area (Å²) >= 11 is 0. The molecule has 0 radical (unpaired) electrons. The molecule has 3 aromatic carbocycles. The van der Waals surface area contributed by atoms with Crippen LogP contribution >= 0.6 is 0 Å². The largest absolute Gasteiger partial charge is 0.339 e. The van der Waals surface area contributed by atoms with Gasteiger partial charge in [0.2, 0.25) is 0 Å². The van der Waals surface area contributed by atoms with Crippen LogP contribution in [0.15, 0.2) is 72.8 Å². The smallest absolute Gasteiger partial charge is 0.254 e. The third-order valence-electron chi connectivity index (χ3n) is 10.9. The van der Waals surface area contributed by atoms with E-state index in [2.05, 4.69) is 102 Å². The van der Waals surface area contributed by atoms with Gasteiger partial charge in [0, 0.05) is 36.8 Å². The highest BCUT2D eigenvalue weighted by Crippen LogP contribution is 2.45. The molecule has 4 heterocycles. The molecule has 3 aliphatic heterocycles. The number of piperidine rings is 2. The van der Waals surface area contributed by atoms with Crippen molar-refractivity contribution in [2.45, 2.75) is 89.3 Å². The zero-order valence-electron chi connectivity index (χ0n) is 25.4. The summed E-state index contributed by atoms with van der Waals surface area (Å²) in [5.41, 5.74) is 7.12. The van der Waals surface area contributed by atoms with Crippen LogP contribution in [0.4, 0.5) is 0 Å². The summed E-state index contributed by atoms with van der Waals surface area (Å²) in [4.78, 5) is 23.4. The van der Waals surface area contributed by atoms with Gasteiger partial charge in [0.1, 0.15) is 5.82 Å². The molecule has 5 heteroatoms. The van der Waals surface area contributed by atoms with E-state index < -0.39 is 0 Å². The van der Waals surface area contributed by atoms with Crippen molar-refractivity contribution in [1.82, 2.24) is 19.4 Å². The Morgan fingerprint density at radius 1 is 0.857 bits per heavy atom. The molecule has 0 saturated carbocycles. The van der Waals surface area contributed by atoms with E-state index in [1.807, 2.05) is 6.07 Å². The average molecular weight is 561 g/mol. The first kappa shape index (κ1) is 27.4. The molecule has 0 aliphatic carbocycles. The molecule has 2 bridgehead atoms. The Morgan fingerprint density at radius 2 is 1.55 bits per heavy atom. The van der Waals surface area contributed by atoms with Crippen LogP contribution in [0.25, 0.3) is 11.0 Å². The van der Waals surface area contributed by atoms with Crippen LogP contribution in [0, 0.1) is 20.8 Å². The Hall–Kier alpha value is -3.44. The first-order valence-corrected chi connectivity index (χ1v) is 16.0.